The van der Waals surface area contributed by atoms with Crippen molar-refractivity contribution in [2.75, 3.05) is 7.11 Å². The minimum Gasteiger partial charge on any atom is -0.468 e. The smallest absolute Gasteiger partial charge is 0.325 e. The molecule has 0 saturated carbocycles. The fraction of sp³-hybridized carbons (Fsp3) is 0.133. The Morgan fingerprint density at radius 2 is 2.17 bits per heavy atom. The monoisotopic (exact) mass is 350 g/mol. The van der Waals surface area contributed by atoms with Crippen LogP contribution in [0, 0.1) is 0 Å². The molecule has 3 rings (SSSR count). The molecule has 0 radical (unpaired) electrons. The first-order valence-corrected chi connectivity index (χ1v) is 7.76. The van der Waals surface area contributed by atoms with Crippen LogP contribution >= 0.6 is 22.9 Å². The summed E-state index contributed by atoms with van der Waals surface area (Å²) in [5.41, 5.74) is 0.408. The topological polar surface area (TPSA) is 70.4 Å². The summed E-state index contributed by atoms with van der Waals surface area (Å²) >= 11 is 7.27. The Balaban J connectivity index is 1.83. The number of rotatable bonds is 4. The molecule has 23 heavy (non-hydrogen) atoms. The molecule has 118 valence electrons. The van der Waals surface area contributed by atoms with E-state index in [0.717, 1.165) is 10.2 Å². The Hall–Kier alpha value is -2.38. The van der Waals surface area contributed by atoms with Gasteiger partial charge in [-0.25, -0.2) is 4.98 Å². The maximum atomic E-state index is 11.9. The second kappa shape index (κ2) is 6.39. The molecule has 0 atom stereocenters. The summed E-state index contributed by atoms with van der Waals surface area (Å²) < 4.78 is 12.3. The van der Waals surface area contributed by atoms with Crippen LogP contribution in [0.15, 0.2) is 41.3 Å². The number of nitrogens with zero attached hydrogens (tertiary/aromatic N) is 2. The van der Waals surface area contributed by atoms with Crippen molar-refractivity contribution in [3.63, 3.8) is 0 Å². The van der Waals surface area contributed by atoms with E-state index < -0.39 is 5.97 Å². The van der Waals surface area contributed by atoms with Gasteiger partial charge in [-0.05, 0) is 24.3 Å². The van der Waals surface area contributed by atoms with Crippen LogP contribution in [0.5, 0.6) is 10.9 Å². The highest BCUT2D eigenvalue weighted by atomic mass is 35.5. The van der Waals surface area contributed by atoms with Gasteiger partial charge in [0, 0.05) is 17.3 Å². The van der Waals surface area contributed by atoms with Crippen molar-refractivity contribution in [1.29, 1.82) is 0 Å². The van der Waals surface area contributed by atoms with Gasteiger partial charge in [0.2, 0.25) is 0 Å². The van der Waals surface area contributed by atoms with E-state index in [0.29, 0.717) is 16.0 Å². The van der Waals surface area contributed by atoms with E-state index in [2.05, 4.69) is 9.72 Å². The minimum atomic E-state index is -0.496. The van der Waals surface area contributed by atoms with Crippen LogP contribution < -0.4 is 10.3 Å². The van der Waals surface area contributed by atoms with E-state index in [1.807, 2.05) is 0 Å². The van der Waals surface area contributed by atoms with Gasteiger partial charge in [-0.2, -0.15) is 0 Å². The first-order chi connectivity index (χ1) is 11.0. The average molecular weight is 351 g/mol. The van der Waals surface area contributed by atoms with Crippen LogP contribution in [-0.4, -0.2) is 22.6 Å². The Bertz CT molecular complexity index is 935. The lowest BCUT2D eigenvalue weighted by molar-refractivity contribution is -0.141. The second-order valence-corrected chi connectivity index (χ2v) is 6.03. The van der Waals surface area contributed by atoms with Gasteiger partial charge in [0.05, 0.1) is 17.3 Å². The summed E-state index contributed by atoms with van der Waals surface area (Å²) in [5.74, 6) is -0.148. The molecule has 8 heteroatoms. The van der Waals surface area contributed by atoms with E-state index >= 15 is 0 Å². The van der Waals surface area contributed by atoms with Gasteiger partial charge in [0.1, 0.15) is 12.3 Å². The number of hydrogen-bond acceptors (Lipinski definition) is 6. The summed E-state index contributed by atoms with van der Waals surface area (Å²) in [6.07, 6.45) is 1.47. The van der Waals surface area contributed by atoms with Crippen molar-refractivity contribution in [3.05, 3.63) is 51.9 Å². The van der Waals surface area contributed by atoms with E-state index in [1.54, 1.807) is 24.3 Å². The third kappa shape index (κ3) is 3.52. The van der Waals surface area contributed by atoms with Crippen molar-refractivity contribution < 1.29 is 14.3 Å². The van der Waals surface area contributed by atoms with Gasteiger partial charge < -0.3 is 14.0 Å². The molecule has 0 unspecified atom stereocenters. The lowest BCUT2D eigenvalue weighted by Gasteiger charge is -2.05. The summed E-state index contributed by atoms with van der Waals surface area (Å²) in [6.45, 7) is -0.144. The summed E-state index contributed by atoms with van der Waals surface area (Å²) in [4.78, 5) is 27.5. The first kappa shape index (κ1) is 15.5. The van der Waals surface area contributed by atoms with Crippen molar-refractivity contribution in [2.24, 2.45) is 0 Å². The SMILES string of the molecule is COC(=O)Cn1ccc(Oc2nc3ccc(Cl)cc3s2)cc1=O. The standard InChI is InChI=1S/C15H11ClN2O4S/c1-21-14(20)8-18-5-4-10(7-13(18)19)22-15-17-11-3-2-9(16)6-12(11)23-15/h2-7H,8H2,1H3. The first-order valence-electron chi connectivity index (χ1n) is 6.56. The van der Waals surface area contributed by atoms with Crippen LogP contribution in [0.2, 0.25) is 5.02 Å². The van der Waals surface area contributed by atoms with E-state index in [1.165, 1.54) is 35.3 Å². The third-order valence-corrected chi connectivity index (χ3v) is 4.16. The molecule has 0 fully saturated rings. The molecular formula is C15H11ClN2O4S. The Labute approximate surface area is 139 Å². The predicted octanol–water partition coefficient (Wildman–Crippen LogP) is 3.08. The third-order valence-electron chi connectivity index (χ3n) is 3.03. The average Bonchev–Trinajstić information content (AvgIpc) is 2.91. The van der Waals surface area contributed by atoms with E-state index in [-0.39, 0.29) is 12.1 Å². The number of hydrogen-bond donors (Lipinski definition) is 0. The highest BCUT2D eigenvalue weighted by Gasteiger charge is 2.09. The molecule has 0 amide bonds. The van der Waals surface area contributed by atoms with Gasteiger partial charge in [-0.15, -0.1) is 0 Å². The highest BCUT2D eigenvalue weighted by molar-refractivity contribution is 7.20. The molecule has 0 aliphatic heterocycles. The molecule has 0 aliphatic rings. The van der Waals surface area contributed by atoms with Crippen LogP contribution in [0.1, 0.15) is 0 Å². The zero-order valence-electron chi connectivity index (χ0n) is 12.0. The number of halogens is 1. The van der Waals surface area contributed by atoms with Gasteiger partial charge in [0.15, 0.2) is 0 Å². The van der Waals surface area contributed by atoms with Crippen molar-refractivity contribution in [2.45, 2.75) is 6.54 Å². The highest BCUT2D eigenvalue weighted by Crippen LogP contribution is 2.32. The number of thiazole rings is 1. The quantitative estimate of drug-likeness (QED) is 0.676. The molecule has 6 nitrogen and oxygen atoms in total. The fourth-order valence-electron chi connectivity index (χ4n) is 1.91. The zero-order valence-corrected chi connectivity index (χ0v) is 13.6. The Morgan fingerprint density at radius 3 is 2.91 bits per heavy atom. The molecule has 2 aromatic heterocycles. The molecular weight excluding hydrogens is 340 g/mol. The molecule has 0 spiro atoms. The van der Waals surface area contributed by atoms with E-state index in [9.17, 15) is 9.59 Å². The van der Waals surface area contributed by atoms with Crippen LogP contribution in [0.4, 0.5) is 0 Å². The normalized spacial score (nSPS) is 10.7. The summed E-state index contributed by atoms with van der Waals surface area (Å²) in [6, 6.07) is 8.23. The number of benzene rings is 1. The van der Waals surface area contributed by atoms with Gasteiger partial charge >= 0.3 is 5.97 Å². The number of ether oxygens (including phenoxy) is 2. The van der Waals surface area contributed by atoms with Gasteiger partial charge in [-0.1, -0.05) is 22.9 Å². The fourth-order valence-corrected chi connectivity index (χ4v) is 3.02. The number of carbonyl (C=O) groups excluding carboxylic acids is 1. The number of fused-ring (bicyclic) bond motifs is 1. The lowest BCUT2D eigenvalue weighted by Crippen LogP contribution is -2.23. The van der Waals surface area contributed by atoms with E-state index in [4.69, 9.17) is 16.3 Å². The van der Waals surface area contributed by atoms with Crippen LogP contribution in [0.25, 0.3) is 10.2 Å². The number of methoxy groups -OCH3 is 1. The van der Waals surface area contributed by atoms with Gasteiger partial charge in [0.25, 0.3) is 10.8 Å². The van der Waals surface area contributed by atoms with Crippen LogP contribution in [-0.2, 0) is 16.1 Å². The Morgan fingerprint density at radius 1 is 1.35 bits per heavy atom. The molecule has 2 heterocycles. The summed E-state index contributed by atoms with van der Waals surface area (Å²) in [5, 5.41) is 1.03. The minimum absolute atomic E-state index is 0.144. The largest absolute Gasteiger partial charge is 0.468 e. The second-order valence-electron chi connectivity index (χ2n) is 4.60. The molecule has 1 aromatic carbocycles. The number of esters is 1. The maximum absolute atomic E-state index is 11.9. The van der Waals surface area contributed by atoms with Crippen molar-refractivity contribution in [3.8, 4) is 10.9 Å². The molecule has 0 N–H and O–H groups in total. The van der Waals surface area contributed by atoms with Gasteiger partial charge in [-0.3, -0.25) is 9.59 Å². The van der Waals surface area contributed by atoms with Crippen LogP contribution in [0.3, 0.4) is 0 Å². The van der Waals surface area contributed by atoms with Crippen molar-refractivity contribution >= 4 is 39.1 Å². The lowest BCUT2D eigenvalue weighted by atomic mass is 10.3. The predicted molar refractivity (Wildman–Crippen MR) is 87.4 cm³/mol. The van der Waals surface area contributed by atoms with Crippen molar-refractivity contribution in [1.82, 2.24) is 9.55 Å². The number of aromatic nitrogens is 2. The molecule has 0 bridgehead atoms. The number of carbonyl (C=O) groups is 1. The maximum Gasteiger partial charge on any atom is 0.325 e. The molecule has 0 aliphatic carbocycles. The number of pyridine rings is 1. The summed E-state index contributed by atoms with van der Waals surface area (Å²) in [7, 11) is 1.27. The molecule has 0 saturated heterocycles. The zero-order chi connectivity index (χ0) is 16.4. The molecule has 3 aromatic rings. The Kier molecular flexibility index (Phi) is 4.31.